The lowest BCUT2D eigenvalue weighted by Crippen LogP contribution is -2.27. The summed E-state index contributed by atoms with van der Waals surface area (Å²) in [6, 6.07) is 2.40. The van der Waals surface area contributed by atoms with Gasteiger partial charge in [-0.1, -0.05) is 56.7 Å². The number of allylic oxidation sites excluding steroid dienone is 10. The van der Waals surface area contributed by atoms with Gasteiger partial charge in [0.25, 0.3) is 0 Å². The van der Waals surface area contributed by atoms with E-state index in [1.807, 2.05) is 19.1 Å². The zero-order valence-electron chi connectivity index (χ0n) is 13.8. The Labute approximate surface area is 134 Å². The van der Waals surface area contributed by atoms with Crippen molar-refractivity contribution >= 4 is 0 Å². The highest BCUT2D eigenvalue weighted by molar-refractivity contribution is 5.68. The summed E-state index contributed by atoms with van der Waals surface area (Å²) in [6.07, 6.45) is 15.8. The molecule has 1 nitrogen and oxygen atoms in total. The summed E-state index contributed by atoms with van der Waals surface area (Å²) in [4.78, 5) is 0. The third-order valence-corrected chi connectivity index (χ3v) is 4.98. The van der Waals surface area contributed by atoms with Gasteiger partial charge in [0.15, 0.2) is 0 Å². The summed E-state index contributed by atoms with van der Waals surface area (Å²) in [5.74, 6) is 0. The van der Waals surface area contributed by atoms with Crippen LogP contribution in [0.2, 0.25) is 0 Å². The second-order valence-corrected chi connectivity index (χ2v) is 6.10. The first-order valence-corrected chi connectivity index (χ1v) is 8.11. The Morgan fingerprint density at radius 2 is 1.91 bits per heavy atom. The zero-order valence-corrected chi connectivity index (χ0v) is 13.8. The fourth-order valence-corrected chi connectivity index (χ4v) is 4.20. The summed E-state index contributed by atoms with van der Waals surface area (Å²) < 4.78 is 0. The highest BCUT2D eigenvalue weighted by Gasteiger charge is 2.45. The molecule has 2 aliphatic rings. The van der Waals surface area contributed by atoms with Crippen LogP contribution >= 0.6 is 0 Å². The van der Waals surface area contributed by atoms with Crippen molar-refractivity contribution in [1.82, 2.24) is 0 Å². The van der Waals surface area contributed by atoms with Crippen LogP contribution in [0.3, 0.4) is 0 Å². The van der Waals surface area contributed by atoms with Gasteiger partial charge in [-0.05, 0) is 55.1 Å². The van der Waals surface area contributed by atoms with E-state index in [0.717, 1.165) is 18.4 Å². The molecule has 0 aromatic rings. The van der Waals surface area contributed by atoms with Crippen LogP contribution in [0.5, 0.6) is 0 Å². The Kier molecular flexibility index (Phi) is 5.03. The van der Waals surface area contributed by atoms with Gasteiger partial charge in [0.1, 0.15) is 0 Å². The molecule has 0 N–H and O–H groups in total. The molecule has 0 unspecified atom stereocenters. The molecule has 1 saturated carbocycles. The van der Waals surface area contributed by atoms with Crippen LogP contribution in [0.15, 0.2) is 71.4 Å². The molecule has 0 atom stereocenters. The Morgan fingerprint density at radius 3 is 2.41 bits per heavy atom. The van der Waals surface area contributed by atoms with Crippen LogP contribution in [0, 0.1) is 16.7 Å². The van der Waals surface area contributed by atoms with Gasteiger partial charge in [0.05, 0.1) is 11.6 Å². The van der Waals surface area contributed by atoms with Crippen LogP contribution in [-0.2, 0) is 0 Å². The molecule has 0 aliphatic heterocycles. The zero-order chi connectivity index (χ0) is 16.2. The van der Waals surface area contributed by atoms with Crippen LogP contribution in [0.4, 0.5) is 0 Å². The number of nitriles is 1. The van der Waals surface area contributed by atoms with Crippen LogP contribution in [-0.4, -0.2) is 0 Å². The monoisotopic (exact) mass is 291 g/mol. The van der Waals surface area contributed by atoms with Gasteiger partial charge in [0.2, 0.25) is 0 Å². The second-order valence-electron chi connectivity index (χ2n) is 6.10. The first-order valence-electron chi connectivity index (χ1n) is 8.11. The van der Waals surface area contributed by atoms with Gasteiger partial charge in [0, 0.05) is 5.41 Å². The van der Waals surface area contributed by atoms with Crippen molar-refractivity contribution in [2.75, 3.05) is 0 Å². The first-order chi connectivity index (χ1) is 10.7. The Morgan fingerprint density at radius 1 is 1.23 bits per heavy atom. The molecule has 0 amide bonds. The van der Waals surface area contributed by atoms with E-state index in [9.17, 15) is 5.26 Å². The average molecular weight is 291 g/mol. The molecule has 0 aromatic carbocycles. The van der Waals surface area contributed by atoms with E-state index in [2.05, 4.69) is 38.3 Å². The van der Waals surface area contributed by atoms with Crippen molar-refractivity contribution in [2.24, 2.45) is 5.41 Å². The minimum Gasteiger partial charge on any atom is -0.192 e. The van der Waals surface area contributed by atoms with Crippen molar-refractivity contribution in [3.05, 3.63) is 71.4 Å². The Balaban J connectivity index is 2.74. The van der Waals surface area contributed by atoms with Gasteiger partial charge in [-0.25, -0.2) is 0 Å². The summed E-state index contributed by atoms with van der Waals surface area (Å²) in [5, 5.41) is 9.66. The molecular formula is C21H25N. The fraction of sp³-hybridized carbons (Fsp3) is 0.381. The summed E-state index contributed by atoms with van der Waals surface area (Å²) in [7, 11) is 0. The maximum Gasteiger partial charge on any atom is 0.0994 e. The topological polar surface area (TPSA) is 23.8 Å². The average Bonchev–Trinajstić information content (AvgIpc) is 2.75. The van der Waals surface area contributed by atoms with E-state index in [1.165, 1.54) is 41.6 Å². The maximum atomic E-state index is 9.66. The SMILES string of the molecule is C=C/C=C(/C#N)C1=C(C)C(/C=C\C)=C(C=C)C12CCCCC2. The molecule has 0 bridgehead atoms. The number of hydrogen-bond donors (Lipinski definition) is 0. The van der Waals surface area contributed by atoms with Gasteiger partial charge in [-0.2, -0.15) is 5.26 Å². The van der Waals surface area contributed by atoms with Crippen LogP contribution in [0.1, 0.15) is 46.0 Å². The molecule has 0 saturated heterocycles. The van der Waals surface area contributed by atoms with Crippen LogP contribution < -0.4 is 0 Å². The molecular weight excluding hydrogens is 266 g/mol. The lowest BCUT2D eigenvalue weighted by Gasteiger charge is -2.38. The molecule has 1 spiro atoms. The molecule has 0 aromatic heterocycles. The lowest BCUT2D eigenvalue weighted by molar-refractivity contribution is 0.303. The number of hydrogen-bond acceptors (Lipinski definition) is 1. The van der Waals surface area contributed by atoms with Crippen molar-refractivity contribution in [1.29, 1.82) is 5.26 Å². The minimum atomic E-state index is -0.0243. The van der Waals surface area contributed by atoms with Gasteiger partial charge < -0.3 is 0 Å². The largest absolute Gasteiger partial charge is 0.192 e. The van der Waals surface area contributed by atoms with Crippen LogP contribution in [0.25, 0.3) is 0 Å². The predicted octanol–water partition coefficient (Wildman–Crippen LogP) is 5.96. The van der Waals surface area contributed by atoms with E-state index in [0.29, 0.717) is 0 Å². The van der Waals surface area contributed by atoms with Crippen molar-refractivity contribution < 1.29 is 0 Å². The Hall–Kier alpha value is -2.07. The molecule has 22 heavy (non-hydrogen) atoms. The molecule has 2 rings (SSSR count). The van der Waals surface area contributed by atoms with E-state index >= 15 is 0 Å². The number of rotatable bonds is 4. The van der Waals surface area contributed by atoms with E-state index in [1.54, 1.807) is 6.08 Å². The molecule has 1 fully saturated rings. The molecule has 1 heteroatoms. The predicted molar refractivity (Wildman–Crippen MR) is 94.1 cm³/mol. The standard InChI is InChI=1S/C21H25N/c1-5-11-17(15-22)20-16(4)18(12-6-2)19(7-3)21(20)13-9-8-10-14-21/h5-7,11-12H,1,3,8-10,13-14H2,2,4H3/b12-6-,17-11-. The molecule has 114 valence electrons. The third-order valence-electron chi connectivity index (χ3n) is 4.98. The van der Waals surface area contributed by atoms with Crippen molar-refractivity contribution in [3.63, 3.8) is 0 Å². The second kappa shape index (κ2) is 6.79. The maximum absolute atomic E-state index is 9.66. The highest BCUT2D eigenvalue weighted by atomic mass is 14.5. The van der Waals surface area contributed by atoms with E-state index < -0.39 is 0 Å². The smallest absolute Gasteiger partial charge is 0.0994 e. The fourth-order valence-electron chi connectivity index (χ4n) is 4.20. The van der Waals surface area contributed by atoms with Gasteiger partial charge in [-0.3, -0.25) is 0 Å². The molecule has 0 radical (unpaired) electrons. The molecule has 0 heterocycles. The highest BCUT2D eigenvalue weighted by Crippen LogP contribution is 2.58. The summed E-state index contributed by atoms with van der Waals surface area (Å²) in [5.41, 5.74) is 5.72. The molecule has 2 aliphatic carbocycles. The summed E-state index contributed by atoms with van der Waals surface area (Å²) >= 11 is 0. The van der Waals surface area contributed by atoms with Gasteiger partial charge in [-0.15, -0.1) is 0 Å². The van der Waals surface area contributed by atoms with Gasteiger partial charge >= 0.3 is 0 Å². The van der Waals surface area contributed by atoms with E-state index in [-0.39, 0.29) is 5.41 Å². The quantitative estimate of drug-likeness (QED) is 0.463. The first kappa shape index (κ1) is 16.3. The van der Waals surface area contributed by atoms with Crippen molar-refractivity contribution in [3.8, 4) is 6.07 Å². The number of nitrogens with zero attached hydrogens (tertiary/aromatic N) is 1. The van der Waals surface area contributed by atoms with Crippen molar-refractivity contribution in [2.45, 2.75) is 46.0 Å². The third kappa shape index (κ3) is 2.44. The Bertz CT molecular complexity index is 638. The lowest BCUT2D eigenvalue weighted by atomic mass is 9.64. The summed E-state index contributed by atoms with van der Waals surface area (Å²) in [6.45, 7) is 12.0. The van der Waals surface area contributed by atoms with E-state index in [4.69, 9.17) is 0 Å². The normalized spacial score (nSPS) is 21.6. The minimum absolute atomic E-state index is 0.0243.